The number of rotatable bonds is 2. The van der Waals surface area contributed by atoms with Crippen molar-refractivity contribution in [2.75, 3.05) is 26.0 Å². The van der Waals surface area contributed by atoms with Gasteiger partial charge in [0.1, 0.15) is 0 Å². The van der Waals surface area contributed by atoms with E-state index in [0.717, 1.165) is 6.54 Å². The molecule has 0 aromatic carbocycles. The molecule has 0 fully saturated rings. The van der Waals surface area contributed by atoms with Crippen molar-refractivity contribution in [2.24, 2.45) is 5.73 Å². The summed E-state index contributed by atoms with van der Waals surface area (Å²) in [4.78, 5) is 0. The minimum atomic E-state index is 0.274. The third-order valence-corrected chi connectivity index (χ3v) is 1.73. The Morgan fingerprint density at radius 3 is 2.00 bits per heavy atom. The van der Waals surface area contributed by atoms with E-state index in [1.807, 2.05) is 0 Å². The molecule has 0 saturated heterocycles. The summed E-state index contributed by atoms with van der Waals surface area (Å²) in [5.41, 5.74) is 5.25. The second-order valence-corrected chi connectivity index (χ2v) is 4.20. The predicted molar refractivity (Wildman–Crippen MR) is 32.7 cm³/mol. The number of nitrogens with two attached hydrogens (primary N) is 1. The molecule has 0 aromatic heterocycles. The summed E-state index contributed by atoms with van der Waals surface area (Å²) in [6, 6.07) is 0. The smallest absolute Gasteiger partial charge is 0.00380 e. The van der Waals surface area contributed by atoms with Gasteiger partial charge < -0.3 is 5.73 Å². The van der Waals surface area contributed by atoms with Gasteiger partial charge >= 0.3 is 0 Å². The summed E-state index contributed by atoms with van der Waals surface area (Å²) in [6.45, 7) is 5.34. The van der Waals surface area contributed by atoms with Gasteiger partial charge in [-0.05, 0) is 26.0 Å². The molecule has 0 unspecified atom stereocenters. The van der Waals surface area contributed by atoms with Crippen LogP contribution in [0.2, 0.25) is 0 Å². The molecule has 0 saturated carbocycles. The van der Waals surface area contributed by atoms with Gasteiger partial charge in [0.2, 0.25) is 0 Å². The molecular formula is C4H12NP. The first-order chi connectivity index (χ1) is 2.77. The molecule has 0 aliphatic rings. The van der Waals surface area contributed by atoms with Gasteiger partial charge in [0.15, 0.2) is 0 Å². The molecule has 0 radical (unpaired) electrons. The van der Waals surface area contributed by atoms with Crippen molar-refractivity contribution < 1.29 is 0 Å². The zero-order valence-corrected chi connectivity index (χ0v) is 5.33. The van der Waals surface area contributed by atoms with Crippen molar-refractivity contribution in [1.82, 2.24) is 0 Å². The van der Waals surface area contributed by atoms with Crippen LogP contribution in [0.5, 0.6) is 0 Å². The lowest BCUT2D eigenvalue weighted by molar-refractivity contribution is 1.14. The molecule has 38 valence electrons. The third kappa shape index (κ3) is 4.39. The lowest BCUT2D eigenvalue weighted by Crippen LogP contribution is -2.01. The van der Waals surface area contributed by atoms with Gasteiger partial charge in [-0.2, -0.15) is 0 Å². The van der Waals surface area contributed by atoms with Crippen LogP contribution in [-0.2, 0) is 0 Å². The average molecular weight is 105 g/mol. The normalized spacial score (nSPS) is 10.0. The first-order valence-corrected chi connectivity index (χ1v) is 4.54. The lowest BCUT2D eigenvalue weighted by Gasteiger charge is -1.97. The molecule has 0 aliphatic heterocycles. The molecule has 0 rings (SSSR count). The van der Waals surface area contributed by atoms with Crippen LogP contribution in [0.25, 0.3) is 0 Å². The van der Waals surface area contributed by atoms with E-state index >= 15 is 0 Å². The molecule has 2 heteroatoms. The Balaban J connectivity index is 2.63. The molecule has 2 N–H and O–H groups in total. The highest BCUT2D eigenvalue weighted by molar-refractivity contribution is 7.56. The molecule has 0 aliphatic carbocycles. The van der Waals surface area contributed by atoms with Gasteiger partial charge in [-0.3, -0.25) is 0 Å². The van der Waals surface area contributed by atoms with Gasteiger partial charge in [-0.1, -0.05) is 0 Å². The van der Waals surface area contributed by atoms with Crippen molar-refractivity contribution in [1.29, 1.82) is 0 Å². The fourth-order valence-electron chi connectivity index (χ4n) is 0.258. The maximum atomic E-state index is 5.25. The first kappa shape index (κ1) is 6.39. The minimum Gasteiger partial charge on any atom is -0.330 e. The number of hydrogen-bond acceptors (Lipinski definition) is 1. The summed E-state index contributed by atoms with van der Waals surface area (Å²) in [5.74, 6) is 0. The lowest BCUT2D eigenvalue weighted by atomic mass is 10.8. The van der Waals surface area contributed by atoms with E-state index in [-0.39, 0.29) is 7.92 Å². The summed E-state index contributed by atoms with van der Waals surface area (Å²) in [5, 5.41) is 0. The van der Waals surface area contributed by atoms with Crippen LogP contribution in [0.3, 0.4) is 0 Å². The van der Waals surface area contributed by atoms with Crippen LogP contribution in [0.4, 0.5) is 0 Å². The zero-order chi connectivity index (χ0) is 4.99. The highest BCUT2D eigenvalue weighted by atomic mass is 31.1. The van der Waals surface area contributed by atoms with E-state index in [9.17, 15) is 0 Å². The van der Waals surface area contributed by atoms with Crippen LogP contribution in [0.15, 0.2) is 0 Å². The summed E-state index contributed by atoms with van der Waals surface area (Å²) in [7, 11) is 0.274. The Hall–Kier alpha value is 0.390. The fraction of sp³-hybridized carbons (Fsp3) is 1.00. The molecule has 0 bridgehead atoms. The second-order valence-electron chi connectivity index (χ2n) is 1.59. The maximum absolute atomic E-state index is 5.25. The molecular weight excluding hydrogens is 93.0 g/mol. The van der Waals surface area contributed by atoms with Crippen LogP contribution in [-0.4, -0.2) is 26.0 Å². The Bertz CT molecular complexity index is 28.7. The predicted octanol–water partition coefficient (Wildman–Crippen LogP) is 0.687. The van der Waals surface area contributed by atoms with Crippen molar-refractivity contribution >= 4 is 7.92 Å². The standard InChI is InChI=1S/C4H12NP/c1-6(2)4-3-5/h3-5H2,1-2H3. The van der Waals surface area contributed by atoms with Gasteiger partial charge in [-0.15, -0.1) is 7.92 Å². The Labute approximate surface area is 40.7 Å². The largest absolute Gasteiger partial charge is 0.330 e. The average Bonchev–Trinajstić information content (AvgIpc) is 1.35. The van der Waals surface area contributed by atoms with E-state index < -0.39 is 0 Å². The van der Waals surface area contributed by atoms with Crippen molar-refractivity contribution in [3.05, 3.63) is 0 Å². The van der Waals surface area contributed by atoms with Gasteiger partial charge in [0.05, 0.1) is 0 Å². The van der Waals surface area contributed by atoms with Gasteiger partial charge in [-0.25, -0.2) is 0 Å². The first-order valence-electron chi connectivity index (χ1n) is 2.12. The summed E-state index contributed by atoms with van der Waals surface area (Å²) in [6.07, 6.45) is 1.22. The minimum absolute atomic E-state index is 0.274. The Morgan fingerprint density at radius 1 is 1.50 bits per heavy atom. The molecule has 6 heavy (non-hydrogen) atoms. The summed E-state index contributed by atoms with van der Waals surface area (Å²) < 4.78 is 0. The van der Waals surface area contributed by atoms with E-state index in [1.54, 1.807) is 0 Å². The highest BCUT2D eigenvalue weighted by Gasteiger charge is 1.84. The monoisotopic (exact) mass is 105 g/mol. The van der Waals surface area contributed by atoms with Crippen LogP contribution < -0.4 is 5.73 Å². The van der Waals surface area contributed by atoms with Crippen LogP contribution >= 0.6 is 7.92 Å². The number of hydrogen-bond donors (Lipinski definition) is 1. The molecule has 0 heterocycles. The SMILES string of the molecule is CP(C)CCN. The molecule has 0 spiro atoms. The Kier molecular flexibility index (Phi) is 3.81. The highest BCUT2D eigenvalue weighted by Crippen LogP contribution is 2.21. The summed E-state index contributed by atoms with van der Waals surface area (Å²) >= 11 is 0. The van der Waals surface area contributed by atoms with Gasteiger partial charge in [0.25, 0.3) is 0 Å². The maximum Gasteiger partial charge on any atom is -0.00380 e. The second kappa shape index (κ2) is 3.58. The van der Waals surface area contributed by atoms with Crippen LogP contribution in [0.1, 0.15) is 0 Å². The van der Waals surface area contributed by atoms with Crippen molar-refractivity contribution in [3.63, 3.8) is 0 Å². The van der Waals surface area contributed by atoms with Crippen LogP contribution in [0, 0.1) is 0 Å². The molecule has 0 atom stereocenters. The zero-order valence-electron chi connectivity index (χ0n) is 4.44. The van der Waals surface area contributed by atoms with Crippen molar-refractivity contribution in [3.8, 4) is 0 Å². The Morgan fingerprint density at radius 2 is 2.00 bits per heavy atom. The van der Waals surface area contributed by atoms with E-state index in [1.165, 1.54) is 6.16 Å². The van der Waals surface area contributed by atoms with E-state index in [0.29, 0.717) is 0 Å². The van der Waals surface area contributed by atoms with Crippen molar-refractivity contribution in [2.45, 2.75) is 0 Å². The van der Waals surface area contributed by atoms with E-state index in [4.69, 9.17) is 5.73 Å². The fourth-order valence-corrected chi connectivity index (χ4v) is 0.775. The van der Waals surface area contributed by atoms with Gasteiger partial charge in [0, 0.05) is 0 Å². The third-order valence-electron chi connectivity index (χ3n) is 0.576. The van der Waals surface area contributed by atoms with E-state index in [2.05, 4.69) is 13.3 Å². The molecule has 0 aromatic rings. The molecule has 1 nitrogen and oxygen atoms in total. The molecule has 0 amide bonds. The topological polar surface area (TPSA) is 26.0 Å². The quantitative estimate of drug-likeness (QED) is 0.513.